The fourth-order valence-electron chi connectivity index (χ4n) is 3.54. The molecule has 0 aliphatic carbocycles. The van der Waals surface area contributed by atoms with Crippen LogP contribution < -0.4 is 0 Å². The molecule has 0 radical (unpaired) electrons. The van der Waals surface area contributed by atoms with Crippen LogP contribution in [-0.4, -0.2) is 17.4 Å². The predicted molar refractivity (Wildman–Crippen MR) is 116 cm³/mol. The van der Waals surface area contributed by atoms with Crippen LogP contribution in [0.4, 0.5) is 0 Å². The Bertz CT molecular complexity index is 1420. The van der Waals surface area contributed by atoms with E-state index in [0.29, 0.717) is 29.2 Å². The molecule has 0 amide bonds. The van der Waals surface area contributed by atoms with Crippen LogP contribution in [0.1, 0.15) is 11.5 Å². The Kier molecular flexibility index (Phi) is 4.48. The quantitative estimate of drug-likeness (QED) is 0.400. The summed E-state index contributed by atoms with van der Waals surface area (Å²) in [4.78, 5) is 4.63. The molecule has 0 aliphatic rings. The van der Waals surface area contributed by atoms with E-state index >= 15 is 0 Å². The van der Waals surface area contributed by atoms with Gasteiger partial charge in [0.2, 0.25) is 0 Å². The summed E-state index contributed by atoms with van der Waals surface area (Å²) in [6.45, 7) is 0. The van der Waals surface area contributed by atoms with E-state index in [1.165, 1.54) is 3.97 Å². The molecule has 0 atom stereocenters. The first-order chi connectivity index (χ1) is 14.6. The van der Waals surface area contributed by atoms with E-state index in [9.17, 15) is 8.42 Å². The number of aromatic nitrogens is 2. The smallest absolute Gasteiger partial charge is 0.268 e. The molecular formula is C24H18N2O3S. The van der Waals surface area contributed by atoms with Crippen molar-refractivity contribution in [3.8, 4) is 11.3 Å². The van der Waals surface area contributed by atoms with Crippen LogP contribution in [0, 0.1) is 0 Å². The Hall–Kier alpha value is -3.64. The molecule has 148 valence electrons. The summed E-state index contributed by atoms with van der Waals surface area (Å²) < 4.78 is 33.8. The Morgan fingerprint density at radius 2 is 1.50 bits per heavy atom. The highest BCUT2D eigenvalue weighted by molar-refractivity contribution is 7.90. The number of oxazole rings is 1. The predicted octanol–water partition coefficient (Wildman–Crippen LogP) is 5.12. The highest BCUT2D eigenvalue weighted by atomic mass is 32.2. The topological polar surface area (TPSA) is 65.1 Å². The van der Waals surface area contributed by atoms with Crippen LogP contribution in [0.5, 0.6) is 0 Å². The molecule has 5 nitrogen and oxygen atoms in total. The van der Waals surface area contributed by atoms with Gasteiger partial charge < -0.3 is 4.42 Å². The fourth-order valence-corrected chi connectivity index (χ4v) is 4.93. The van der Waals surface area contributed by atoms with Gasteiger partial charge in [0, 0.05) is 23.6 Å². The molecule has 0 saturated carbocycles. The number of nitrogens with zero attached hydrogens (tertiary/aromatic N) is 2. The zero-order chi connectivity index (χ0) is 20.6. The van der Waals surface area contributed by atoms with Gasteiger partial charge >= 0.3 is 0 Å². The van der Waals surface area contributed by atoms with Crippen molar-refractivity contribution in [1.82, 2.24) is 8.96 Å². The minimum atomic E-state index is -3.74. The third-order valence-electron chi connectivity index (χ3n) is 5.00. The second-order valence-corrected chi connectivity index (χ2v) is 8.77. The van der Waals surface area contributed by atoms with Crippen molar-refractivity contribution < 1.29 is 12.8 Å². The molecule has 5 rings (SSSR count). The lowest BCUT2D eigenvalue weighted by Crippen LogP contribution is -2.11. The molecule has 3 aromatic carbocycles. The van der Waals surface area contributed by atoms with Crippen LogP contribution in [-0.2, 0) is 16.4 Å². The molecule has 6 heteroatoms. The van der Waals surface area contributed by atoms with Crippen LogP contribution in [0.25, 0.3) is 22.2 Å². The van der Waals surface area contributed by atoms with E-state index in [0.717, 1.165) is 10.9 Å². The van der Waals surface area contributed by atoms with Gasteiger partial charge in [-0.2, -0.15) is 0 Å². The van der Waals surface area contributed by atoms with Gasteiger partial charge in [-0.3, -0.25) is 0 Å². The highest BCUT2D eigenvalue weighted by Crippen LogP contribution is 2.33. The Balaban J connectivity index is 1.60. The van der Waals surface area contributed by atoms with Gasteiger partial charge in [-0.25, -0.2) is 17.4 Å². The normalized spacial score (nSPS) is 11.7. The summed E-state index contributed by atoms with van der Waals surface area (Å²) in [5.74, 6) is 1.12. The molecule has 0 saturated heterocycles. The fraction of sp³-hybridized carbons (Fsp3) is 0.0417. The van der Waals surface area contributed by atoms with Gasteiger partial charge in [-0.05, 0) is 23.8 Å². The molecule has 2 aromatic heterocycles. The van der Waals surface area contributed by atoms with E-state index in [2.05, 4.69) is 4.98 Å². The first-order valence-electron chi connectivity index (χ1n) is 9.53. The molecule has 0 N–H and O–H groups in total. The first-order valence-corrected chi connectivity index (χ1v) is 11.0. The number of rotatable bonds is 5. The summed E-state index contributed by atoms with van der Waals surface area (Å²) in [6, 6.07) is 25.7. The van der Waals surface area contributed by atoms with Crippen molar-refractivity contribution in [2.45, 2.75) is 11.3 Å². The summed E-state index contributed by atoms with van der Waals surface area (Å²) in [5.41, 5.74) is 2.38. The third kappa shape index (κ3) is 3.21. The monoisotopic (exact) mass is 414 g/mol. The second kappa shape index (κ2) is 7.31. The lowest BCUT2D eigenvalue weighted by atomic mass is 10.1. The van der Waals surface area contributed by atoms with Crippen LogP contribution in [0.15, 0.2) is 107 Å². The maximum absolute atomic E-state index is 13.3. The molecule has 0 bridgehead atoms. The summed E-state index contributed by atoms with van der Waals surface area (Å²) >= 11 is 0. The average Bonchev–Trinajstić information content (AvgIpc) is 3.40. The van der Waals surface area contributed by atoms with Crippen molar-refractivity contribution >= 4 is 20.9 Å². The van der Waals surface area contributed by atoms with Crippen molar-refractivity contribution in [2.75, 3.05) is 0 Å². The largest absolute Gasteiger partial charge is 0.440 e. The Labute approximate surface area is 174 Å². The van der Waals surface area contributed by atoms with Gasteiger partial charge in [0.05, 0.1) is 16.6 Å². The lowest BCUT2D eigenvalue weighted by Gasteiger charge is -2.07. The zero-order valence-corrected chi connectivity index (χ0v) is 16.8. The van der Waals surface area contributed by atoms with E-state index < -0.39 is 10.0 Å². The summed E-state index contributed by atoms with van der Waals surface area (Å²) in [5, 5.41) is 0.791. The third-order valence-corrected chi connectivity index (χ3v) is 6.68. The van der Waals surface area contributed by atoms with Crippen molar-refractivity contribution in [3.63, 3.8) is 0 Å². The summed E-state index contributed by atoms with van der Waals surface area (Å²) in [6.07, 6.45) is 3.83. The number of hydrogen-bond acceptors (Lipinski definition) is 4. The van der Waals surface area contributed by atoms with Crippen molar-refractivity contribution in [2.24, 2.45) is 0 Å². The van der Waals surface area contributed by atoms with Crippen molar-refractivity contribution in [1.29, 1.82) is 0 Å². The second-order valence-electron chi connectivity index (χ2n) is 6.95. The molecule has 0 spiro atoms. The lowest BCUT2D eigenvalue weighted by molar-refractivity contribution is 0.519. The number of para-hydroxylation sites is 1. The van der Waals surface area contributed by atoms with Gasteiger partial charge in [0.1, 0.15) is 0 Å². The van der Waals surface area contributed by atoms with Gasteiger partial charge in [0.15, 0.2) is 11.7 Å². The van der Waals surface area contributed by atoms with Crippen LogP contribution in [0.3, 0.4) is 0 Å². The molecular weight excluding hydrogens is 396 g/mol. The van der Waals surface area contributed by atoms with Gasteiger partial charge in [0.25, 0.3) is 10.0 Å². The van der Waals surface area contributed by atoms with Gasteiger partial charge in [-0.1, -0.05) is 66.7 Å². The van der Waals surface area contributed by atoms with E-state index in [-0.39, 0.29) is 4.90 Å². The zero-order valence-electron chi connectivity index (χ0n) is 16.0. The maximum Gasteiger partial charge on any atom is 0.268 e. The molecule has 30 heavy (non-hydrogen) atoms. The Morgan fingerprint density at radius 1 is 0.833 bits per heavy atom. The molecule has 0 fully saturated rings. The molecule has 2 heterocycles. The number of benzene rings is 3. The maximum atomic E-state index is 13.3. The minimum absolute atomic E-state index is 0.236. The molecule has 5 aromatic rings. The molecule has 0 aliphatic heterocycles. The Morgan fingerprint density at radius 3 is 2.27 bits per heavy atom. The van der Waals surface area contributed by atoms with E-state index in [1.54, 1.807) is 48.8 Å². The van der Waals surface area contributed by atoms with Crippen molar-refractivity contribution in [3.05, 3.63) is 109 Å². The SMILES string of the molecule is O=S(=O)(c1ccccc1)n1cc(-c2cnc(Cc3ccccc3)o2)c2ccccc21. The van der Waals surface area contributed by atoms with Crippen LogP contribution in [0.2, 0.25) is 0 Å². The highest BCUT2D eigenvalue weighted by Gasteiger charge is 2.22. The minimum Gasteiger partial charge on any atom is -0.440 e. The van der Waals surface area contributed by atoms with Gasteiger partial charge in [-0.15, -0.1) is 0 Å². The first kappa shape index (κ1) is 18.4. The van der Waals surface area contributed by atoms with E-state index in [1.807, 2.05) is 48.5 Å². The summed E-state index contributed by atoms with van der Waals surface area (Å²) in [7, 11) is -3.74. The number of fused-ring (bicyclic) bond motifs is 1. The average molecular weight is 414 g/mol. The standard InChI is InChI=1S/C24H18N2O3S/c27-30(28,19-11-5-2-6-12-19)26-17-21(20-13-7-8-14-22(20)26)23-16-25-24(29-23)15-18-9-3-1-4-10-18/h1-14,16-17H,15H2. The van der Waals surface area contributed by atoms with E-state index in [4.69, 9.17) is 4.42 Å². The number of hydrogen-bond donors (Lipinski definition) is 0. The molecule has 0 unspecified atom stereocenters. The van der Waals surface area contributed by atoms with Crippen LogP contribution >= 0.6 is 0 Å².